The molecule has 28 heavy (non-hydrogen) atoms. The number of carbonyl (C=O) groups is 1. The molecule has 2 aliphatic rings. The summed E-state index contributed by atoms with van der Waals surface area (Å²) in [5.74, 6) is 2.50. The van der Waals surface area contributed by atoms with Gasteiger partial charge in [-0.25, -0.2) is 4.79 Å². The monoisotopic (exact) mass is 388 g/mol. The fourth-order valence-electron chi connectivity index (χ4n) is 3.57. The number of ether oxygens (including phenoxy) is 7. The lowest BCUT2D eigenvalue weighted by molar-refractivity contribution is 0.00572. The lowest BCUT2D eigenvalue weighted by Gasteiger charge is -2.34. The number of hydrogen-bond donors (Lipinski definition) is 0. The highest BCUT2D eigenvalue weighted by Gasteiger charge is 2.50. The summed E-state index contributed by atoms with van der Waals surface area (Å²) in [6.45, 7) is 0. The van der Waals surface area contributed by atoms with Crippen molar-refractivity contribution in [1.29, 1.82) is 0 Å². The predicted molar refractivity (Wildman–Crippen MR) is 96.6 cm³/mol. The Bertz CT molecular complexity index is 909. The Morgan fingerprint density at radius 1 is 0.750 bits per heavy atom. The standard InChI is InChI=1S/C20H20O8/c1-22-12-7-5-10(9-14(12)24-3)15-19-17(27-20(21)28-19)11-6-8-13(23-2)18(25-4)16(11)26-15/h5-9,15,17,19H,1-4H3/t15-,17-,19+/m1/s1. The third kappa shape index (κ3) is 2.72. The van der Waals surface area contributed by atoms with E-state index in [0.717, 1.165) is 5.56 Å². The Morgan fingerprint density at radius 2 is 1.46 bits per heavy atom. The summed E-state index contributed by atoms with van der Waals surface area (Å²) in [4.78, 5) is 11.9. The maximum absolute atomic E-state index is 11.9. The number of benzene rings is 2. The molecule has 1 fully saturated rings. The molecule has 4 rings (SSSR count). The van der Waals surface area contributed by atoms with E-state index in [0.29, 0.717) is 34.3 Å². The van der Waals surface area contributed by atoms with Gasteiger partial charge in [0.1, 0.15) is 0 Å². The molecule has 0 bridgehead atoms. The van der Waals surface area contributed by atoms with Gasteiger partial charge in [-0.1, -0.05) is 6.07 Å². The molecule has 1 saturated heterocycles. The minimum Gasteiger partial charge on any atom is -0.493 e. The minimum atomic E-state index is -0.744. The molecule has 2 aromatic carbocycles. The Balaban J connectivity index is 1.83. The van der Waals surface area contributed by atoms with Crippen LogP contribution in [-0.2, 0) is 9.47 Å². The highest BCUT2D eigenvalue weighted by atomic mass is 16.8. The van der Waals surface area contributed by atoms with E-state index in [1.807, 2.05) is 6.07 Å². The van der Waals surface area contributed by atoms with Crippen LogP contribution in [0, 0.1) is 0 Å². The molecule has 148 valence electrons. The van der Waals surface area contributed by atoms with E-state index in [9.17, 15) is 4.79 Å². The Morgan fingerprint density at radius 3 is 2.14 bits per heavy atom. The van der Waals surface area contributed by atoms with Gasteiger partial charge in [0, 0.05) is 11.1 Å². The number of carbonyl (C=O) groups excluding carboxylic acids is 1. The van der Waals surface area contributed by atoms with Crippen LogP contribution in [0.25, 0.3) is 0 Å². The van der Waals surface area contributed by atoms with Crippen LogP contribution in [0.15, 0.2) is 30.3 Å². The van der Waals surface area contributed by atoms with Gasteiger partial charge in [-0.05, 0) is 24.3 Å². The maximum atomic E-state index is 11.9. The van der Waals surface area contributed by atoms with E-state index in [1.54, 1.807) is 45.6 Å². The summed E-state index contributed by atoms with van der Waals surface area (Å²) in [6.07, 6.45) is -2.66. The summed E-state index contributed by atoms with van der Waals surface area (Å²) in [5, 5.41) is 0. The van der Waals surface area contributed by atoms with E-state index >= 15 is 0 Å². The third-order valence-corrected chi connectivity index (χ3v) is 4.87. The molecule has 0 amide bonds. The molecule has 0 aliphatic carbocycles. The van der Waals surface area contributed by atoms with Crippen molar-refractivity contribution in [3.8, 4) is 28.7 Å². The molecule has 8 heteroatoms. The second kappa shape index (κ2) is 7.03. The predicted octanol–water partition coefficient (Wildman–Crippen LogP) is 3.43. The highest BCUT2D eigenvalue weighted by molar-refractivity contribution is 5.66. The van der Waals surface area contributed by atoms with Crippen LogP contribution in [0.2, 0.25) is 0 Å². The Labute approximate surface area is 161 Å². The van der Waals surface area contributed by atoms with Crippen LogP contribution in [-0.4, -0.2) is 40.7 Å². The van der Waals surface area contributed by atoms with Gasteiger partial charge in [-0.15, -0.1) is 0 Å². The van der Waals surface area contributed by atoms with Gasteiger partial charge in [-0.2, -0.15) is 0 Å². The minimum absolute atomic E-state index is 0.423. The maximum Gasteiger partial charge on any atom is 0.509 e. The number of hydrogen-bond acceptors (Lipinski definition) is 8. The molecule has 2 aromatic rings. The molecular weight excluding hydrogens is 368 g/mol. The Kier molecular flexibility index (Phi) is 4.54. The van der Waals surface area contributed by atoms with Gasteiger partial charge >= 0.3 is 6.16 Å². The summed E-state index contributed by atoms with van der Waals surface area (Å²) in [7, 11) is 6.18. The lowest BCUT2D eigenvalue weighted by atomic mass is 9.91. The normalized spacial score (nSPS) is 22.1. The van der Waals surface area contributed by atoms with E-state index < -0.39 is 24.5 Å². The van der Waals surface area contributed by atoms with Crippen LogP contribution in [0.1, 0.15) is 23.3 Å². The number of fused-ring (bicyclic) bond motifs is 3. The molecule has 3 atom stereocenters. The molecule has 0 saturated carbocycles. The molecule has 0 aromatic heterocycles. The van der Waals surface area contributed by atoms with Crippen molar-refractivity contribution in [2.24, 2.45) is 0 Å². The van der Waals surface area contributed by atoms with E-state index in [-0.39, 0.29) is 0 Å². The smallest absolute Gasteiger partial charge is 0.493 e. The van der Waals surface area contributed by atoms with Gasteiger partial charge in [0.2, 0.25) is 5.75 Å². The van der Waals surface area contributed by atoms with Gasteiger partial charge < -0.3 is 33.2 Å². The summed E-state index contributed by atoms with van der Waals surface area (Å²) in [5.41, 5.74) is 1.40. The number of methoxy groups -OCH3 is 4. The largest absolute Gasteiger partial charge is 0.509 e. The molecular formula is C20H20O8. The second-order valence-corrected chi connectivity index (χ2v) is 6.24. The molecule has 0 spiro atoms. The van der Waals surface area contributed by atoms with Crippen LogP contribution in [0.4, 0.5) is 4.79 Å². The van der Waals surface area contributed by atoms with Crippen LogP contribution in [0.5, 0.6) is 28.7 Å². The Hall–Kier alpha value is -3.29. The summed E-state index contributed by atoms with van der Waals surface area (Å²) >= 11 is 0. The van der Waals surface area contributed by atoms with Crippen LogP contribution >= 0.6 is 0 Å². The van der Waals surface area contributed by atoms with Gasteiger partial charge in [0.15, 0.2) is 41.3 Å². The van der Waals surface area contributed by atoms with E-state index in [1.165, 1.54) is 7.11 Å². The van der Waals surface area contributed by atoms with Crippen molar-refractivity contribution in [3.63, 3.8) is 0 Å². The average molecular weight is 388 g/mol. The zero-order chi connectivity index (χ0) is 19.8. The zero-order valence-electron chi connectivity index (χ0n) is 15.9. The van der Waals surface area contributed by atoms with E-state index in [4.69, 9.17) is 33.2 Å². The molecule has 8 nitrogen and oxygen atoms in total. The van der Waals surface area contributed by atoms with Crippen LogP contribution < -0.4 is 23.7 Å². The first-order valence-corrected chi connectivity index (χ1v) is 8.62. The molecule has 2 aliphatic heterocycles. The first-order valence-electron chi connectivity index (χ1n) is 8.62. The van der Waals surface area contributed by atoms with Crippen molar-refractivity contribution >= 4 is 6.16 Å². The topological polar surface area (TPSA) is 81.7 Å². The lowest BCUT2D eigenvalue weighted by Crippen LogP contribution is -2.33. The van der Waals surface area contributed by atoms with Crippen LogP contribution in [0.3, 0.4) is 0 Å². The van der Waals surface area contributed by atoms with Crippen molar-refractivity contribution < 1.29 is 38.0 Å². The molecule has 0 radical (unpaired) electrons. The van der Waals surface area contributed by atoms with Crippen molar-refractivity contribution in [1.82, 2.24) is 0 Å². The van der Waals surface area contributed by atoms with E-state index in [2.05, 4.69) is 0 Å². The SMILES string of the molecule is COc1ccc([C@H]2Oc3c(ccc(OC)c3OC)[C@H]3OC(=O)O[C@@H]23)cc1OC. The zero-order valence-corrected chi connectivity index (χ0v) is 15.9. The first-order chi connectivity index (χ1) is 13.6. The van der Waals surface area contributed by atoms with Gasteiger partial charge in [0.05, 0.1) is 28.4 Å². The fraction of sp³-hybridized carbons (Fsp3) is 0.350. The summed E-state index contributed by atoms with van der Waals surface area (Å²) in [6, 6.07) is 8.89. The van der Waals surface area contributed by atoms with Crippen molar-refractivity contribution in [2.45, 2.75) is 18.3 Å². The third-order valence-electron chi connectivity index (χ3n) is 4.87. The molecule has 2 heterocycles. The fourth-order valence-corrected chi connectivity index (χ4v) is 3.57. The van der Waals surface area contributed by atoms with Crippen molar-refractivity contribution in [2.75, 3.05) is 28.4 Å². The number of rotatable bonds is 5. The summed E-state index contributed by atoms with van der Waals surface area (Å²) < 4.78 is 38.6. The second-order valence-electron chi connectivity index (χ2n) is 6.24. The van der Waals surface area contributed by atoms with Gasteiger partial charge in [-0.3, -0.25) is 0 Å². The molecule has 0 unspecified atom stereocenters. The van der Waals surface area contributed by atoms with Gasteiger partial charge in [0.25, 0.3) is 0 Å². The molecule has 0 N–H and O–H groups in total. The average Bonchev–Trinajstić information content (AvgIpc) is 3.12. The quantitative estimate of drug-likeness (QED) is 0.721. The van der Waals surface area contributed by atoms with Crippen molar-refractivity contribution in [3.05, 3.63) is 41.5 Å². The first kappa shape index (κ1) is 18.1. The highest BCUT2D eigenvalue weighted by Crippen LogP contribution is 2.53.